The average molecular weight is 238 g/mol. The van der Waals surface area contributed by atoms with Crippen LogP contribution in [0.2, 0.25) is 0 Å². The molecule has 0 radical (unpaired) electrons. The molecule has 0 saturated heterocycles. The van der Waals surface area contributed by atoms with Gasteiger partial charge in [-0.2, -0.15) is 0 Å². The van der Waals surface area contributed by atoms with Crippen LogP contribution in [0.15, 0.2) is 0 Å². The van der Waals surface area contributed by atoms with Gasteiger partial charge in [-0.25, -0.2) is 0 Å². The summed E-state index contributed by atoms with van der Waals surface area (Å²) in [7, 11) is 0. The lowest BCUT2D eigenvalue weighted by Gasteiger charge is -2.45. The van der Waals surface area contributed by atoms with Crippen LogP contribution in [-0.2, 0) is 0 Å². The summed E-state index contributed by atoms with van der Waals surface area (Å²) in [4.78, 5) is 0. The molecule has 0 aromatic carbocycles. The third kappa shape index (κ3) is 1.14. The fourth-order valence-electron chi connectivity index (χ4n) is 5.85. The fourth-order valence-corrected chi connectivity index (χ4v) is 5.85. The molecule has 2 N–H and O–H groups in total. The Morgan fingerprint density at radius 1 is 1.12 bits per heavy atom. The molecule has 0 aromatic heterocycles. The van der Waals surface area contributed by atoms with E-state index in [9.17, 15) is 10.2 Å². The highest BCUT2D eigenvalue weighted by Gasteiger charge is 2.72. The summed E-state index contributed by atoms with van der Waals surface area (Å²) < 4.78 is 0. The van der Waals surface area contributed by atoms with Gasteiger partial charge in [0.2, 0.25) is 0 Å². The van der Waals surface area contributed by atoms with Gasteiger partial charge in [-0.15, -0.1) is 0 Å². The topological polar surface area (TPSA) is 40.5 Å². The van der Waals surface area contributed by atoms with Gasteiger partial charge in [0.15, 0.2) is 0 Å². The van der Waals surface area contributed by atoms with Crippen molar-refractivity contribution in [1.29, 1.82) is 0 Å². The number of hydrogen-bond donors (Lipinski definition) is 2. The van der Waals surface area contributed by atoms with E-state index in [1.807, 2.05) is 0 Å². The van der Waals surface area contributed by atoms with Crippen LogP contribution >= 0.6 is 0 Å². The molecule has 3 aliphatic rings. The molecule has 5 atom stereocenters. The second-order valence-corrected chi connectivity index (χ2v) is 7.69. The zero-order valence-corrected chi connectivity index (χ0v) is 11.4. The Hall–Kier alpha value is -0.0800. The Labute approximate surface area is 104 Å². The predicted molar refractivity (Wildman–Crippen MR) is 67.5 cm³/mol. The minimum atomic E-state index is -0.286. The van der Waals surface area contributed by atoms with E-state index in [0.717, 1.165) is 6.42 Å². The van der Waals surface area contributed by atoms with Gasteiger partial charge in [-0.1, -0.05) is 27.2 Å². The number of rotatable bonds is 1. The smallest absolute Gasteiger partial charge is 0.0659 e. The molecule has 98 valence electrons. The van der Waals surface area contributed by atoms with Crippen LogP contribution in [0.5, 0.6) is 0 Å². The zero-order valence-electron chi connectivity index (χ0n) is 11.4. The molecule has 0 aliphatic heterocycles. The van der Waals surface area contributed by atoms with Crippen LogP contribution in [-0.4, -0.2) is 22.9 Å². The Kier molecular flexibility index (Phi) is 2.30. The highest BCUT2D eigenvalue weighted by molar-refractivity contribution is 5.20. The quantitative estimate of drug-likeness (QED) is 0.737. The molecule has 3 aliphatic carbocycles. The van der Waals surface area contributed by atoms with Crippen molar-refractivity contribution < 1.29 is 10.2 Å². The van der Waals surface area contributed by atoms with E-state index in [1.165, 1.54) is 25.7 Å². The summed E-state index contributed by atoms with van der Waals surface area (Å²) in [5, 5.41) is 20.7. The maximum absolute atomic E-state index is 10.8. The number of aliphatic hydroxyl groups is 2. The molecule has 3 rings (SSSR count). The molecule has 2 heteroatoms. The van der Waals surface area contributed by atoms with E-state index in [-0.39, 0.29) is 29.0 Å². The van der Waals surface area contributed by atoms with Crippen molar-refractivity contribution in [2.75, 3.05) is 6.61 Å². The Morgan fingerprint density at radius 2 is 1.82 bits per heavy atom. The van der Waals surface area contributed by atoms with Crippen LogP contribution in [0.25, 0.3) is 0 Å². The first-order valence-electron chi connectivity index (χ1n) is 7.18. The third-order valence-electron chi connectivity index (χ3n) is 6.90. The van der Waals surface area contributed by atoms with Gasteiger partial charge < -0.3 is 10.2 Å². The van der Waals surface area contributed by atoms with Gasteiger partial charge in [0, 0.05) is 5.41 Å². The predicted octanol–water partition coefficient (Wildman–Crippen LogP) is 2.58. The third-order valence-corrected chi connectivity index (χ3v) is 6.90. The summed E-state index contributed by atoms with van der Waals surface area (Å²) in [5.41, 5.74) is 0.221. The first kappa shape index (κ1) is 12.0. The maximum atomic E-state index is 10.8. The highest BCUT2D eigenvalue weighted by Crippen LogP contribution is 2.74. The lowest BCUT2D eigenvalue weighted by molar-refractivity contribution is -0.0923. The number of aliphatic hydroxyl groups excluding tert-OH is 2. The first-order chi connectivity index (χ1) is 7.89. The van der Waals surface area contributed by atoms with Crippen molar-refractivity contribution in [3.8, 4) is 0 Å². The van der Waals surface area contributed by atoms with Gasteiger partial charge >= 0.3 is 0 Å². The minimum absolute atomic E-state index is 0.174. The molecule has 3 fully saturated rings. The highest BCUT2D eigenvalue weighted by atomic mass is 16.3. The standard InChI is InChI=1S/C15H26O2/c1-13(2)6-4-7-14(3)10-5-8-15(14,9-16)12(17)11(10)13/h10-12,16-17H,4-9H2,1-3H3. The van der Waals surface area contributed by atoms with Crippen molar-refractivity contribution >= 4 is 0 Å². The lowest BCUT2D eigenvalue weighted by atomic mass is 9.62. The molecule has 2 nitrogen and oxygen atoms in total. The maximum Gasteiger partial charge on any atom is 0.0659 e. The number of hydrogen-bond acceptors (Lipinski definition) is 2. The summed E-state index contributed by atoms with van der Waals surface area (Å²) in [5.74, 6) is 1.03. The molecule has 0 spiro atoms. The zero-order chi connectivity index (χ0) is 12.5. The first-order valence-corrected chi connectivity index (χ1v) is 7.18. The Balaban J connectivity index is 2.13. The molecule has 0 heterocycles. The molecule has 17 heavy (non-hydrogen) atoms. The van der Waals surface area contributed by atoms with Crippen molar-refractivity contribution in [1.82, 2.24) is 0 Å². The summed E-state index contributed by atoms with van der Waals surface area (Å²) in [6, 6.07) is 0. The average Bonchev–Trinajstić information content (AvgIpc) is 2.58. The van der Waals surface area contributed by atoms with Crippen LogP contribution in [0.4, 0.5) is 0 Å². The lowest BCUT2D eigenvalue weighted by Crippen LogP contribution is -2.48. The van der Waals surface area contributed by atoms with E-state index in [2.05, 4.69) is 20.8 Å². The van der Waals surface area contributed by atoms with E-state index >= 15 is 0 Å². The van der Waals surface area contributed by atoms with E-state index in [0.29, 0.717) is 11.8 Å². The molecular formula is C15H26O2. The second-order valence-electron chi connectivity index (χ2n) is 7.69. The van der Waals surface area contributed by atoms with Crippen molar-refractivity contribution in [3.63, 3.8) is 0 Å². The molecule has 3 saturated carbocycles. The van der Waals surface area contributed by atoms with Crippen molar-refractivity contribution in [2.24, 2.45) is 28.1 Å². The summed E-state index contributed by atoms with van der Waals surface area (Å²) in [6.07, 6.45) is 5.62. The fraction of sp³-hybridized carbons (Fsp3) is 1.00. The van der Waals surface area contributed by atoms with Gasteiger partial charge in [0.1, 0.15) is 0 Å². The molecular weight excluding hydrogens is 212 g/mol. The van der Waals surface area contributed by atoms with Crippen molar-refractivity contribution in [3.05, 3.63) is 0 Å². The monoisotopic (exact) mass is 238 g/mol. The van der Waals surface area contributed by atoms with Crippen LogP contribution in [0.3, 0.4) is 0 Å². The van der Waals surface area contributed by atoms with Crippen LogP contribution in [0, 0.1) is 28.1 Å². The summed E-state index contributed by atoms with van der Waals surface area (Å²) >= 11 is 0. The summed E-state index contributed by atoms with van der Waals surface area (Å²) in [6.45, 7) is 7.15. The largest absolute Gasteiger partial charge is 0.396 e. The normalized spacial score (nSPS) is 55.9. The van der Waals surface area contributed by atoms with E-state index in [4.69, 9.17) is 0 Å². The van der Waals surface area contributed by atoms with Crippen molar-refractivity contribution in [2.45, 2.75) is 59.0 Å². The Bertz CT molecular complexity index is 338. The molecule has 0 amide bonds. The SMILES string of the molecule is CC1(C)CCCC2(C)C3CCC2(CO)C(O)C31. The van der Waals surface area contributed by atoms with Gasteiger partial charge in [-0.05, 0) is 48.3 Å². The molecule has 5 unspecified atom stereocenters. The van der Waals surface area contributed by atoms with E-state index in [1.54, 1.807) is 0 Å². The Morgan fingerprint density at radius 3 is 2.47 bits per heavy atom. The minimum Gasteiger partial charge on any atom is -0.396 e. The van der Waals surface area contributed by atoms with Gasteiger partial charge in [0.05, 0.1) is 12.7 Å². The van der Waals surface area contributed by atoms with E-state index < -0.39 is 0 Å². The van der Waals surface area contributed by atoms with Gasteiger partial charge in [0.25, 0.3) is 0 Å². The second kappa shape index (κ2) is 3.27. The van der Waals surface area contributed by atoms with Crippen LogP contribution < -0.4 is 0 Å². The molecule has 4 bridgehead atoms. The molecule has 0 aromatic rings. The van der Waals surface area contributed by atoms with Crippen LogP contribution in [0.1, 0.15) is 52.9 Å². The van der Waals surface area contributed by atoms with Gasteiger partial charge in [-0.3, -0.25) is 0 Å².